The molecule has 3 heterocycles. The molecule has 7 nitrogen and oxygen atoms in total. The predicted molar refractivity (Wildman–Crippen MR) is 115 cm³/mol. The highest BCUT2D eigenvalue weighted by Crippen LogP contribution is 2.34. The second-order valence-corrected chi connectivity index (χ2v) is 8.81. The number of thiazole rings is 1. The van der Waals surface area contributed by atoms with Gasteiger partial charge in [0.25, 0.3) is 0 Å². The number of methoxy groups -OCH3 is 1. The van der Waals surface area contributed by atoms with Gasteiger partial charge in [-0.05, 0) is 18.2 Å². The highest BCUT2D eigenvalue weighted by molar-refractivity contribution is 7.22. The molecule has 1 amide bonds. The summed E-state index contributed by atoms with van der Waals surface area (Å²) in [6.07, 6.45) is -0.244. The lowest BCUT2D eigenvalue weighted by Crippen LogP contribution is -2.53. The zero-order valence-electron chi connectivity index (χ0n) is 17.1. The van der Waals surface area contributed by atoms with Crippen LogP contribution in [0.3, 0.4) is 0 Å². The highest BCUT2D eigenvalue weighted by Gasteiger charge is 2.39. The van der Waals surface area contributed by atoms with E-state index in [2.05, 4.69) is 4.98 Å². The highest BCUT2D eigenvalue weighted by atomic mass is 32.1. The van der Waals surface area contributed by atoms with E-state index in [1.54, 1.807) is 36.3 Å². The van der Waals surface area contributed by atoms with E-state index in [1.165, 1.54) is 17.4 Å². The van der Waals surface area contributed by atoms with Gasteiger partial charge in [0.15, 0.2) is 10.9 Å². The average Bonchev–Trinajstić information content (AvgIpc) is 3.34. The normalized spacial score (nSPS) is 18.8. The molecular weight excluding hydrogens is 440 g/mol. The summed E-state index contributed by atoms with van der Waals surface area (Å²) in [6.45, 7) is 1.08. The third-order valence-corrected chi connectivity index (χ3v) is 6.69. The number of rotatable bonds is 5. The largest absolute Gasteiger partial charge is 0.497 e. The van der Waals surface area contributed by atoms with Crippen LogP contribution < -0.4 is 14.5 Å². The van der Waals surface area contributed by atoms with Crippen LogP contribution in [0.25, 0.3) is 10.2 Å². The van der Waals surface area contributed by atoms with Crippen LogP contribution >= 0.6 is 11.3 Å². The summed E-state index contributed by atoms with van der Waals surface area (Å²) in [5.74, 6) is -1.80. The number of anilines is 2. The first-order valence-corrected chi connectivity index (χ1v) is 10.9. The van der Waals surface area contributed by atoms with Crippen molar-refractivity contribution in [3.8, 4) is 5.75 Å². The first-order valence-electron chi connectivity index (χ1n) is 10.1. The predicted octanol–water partition coefficient (Wildman–Crippen LogP) is 3.37. The van der Waals surface area contributed by atoms with Gasteiger partial charge in [0.2, 0.25) is 5.91 Å². The molecule has 2 fully saturated rings. The Bertz CT molecular complexity index is 1210. The standard InChI is InChI=1S/C22H19F2N3O4S/c1-30-15-4-2-3-14(8-15)27-9-12(5-19(27)28)21(29)31-16-10-26(11-16)22-25-20-17(24)6-13(23)7-18(20)32-22/h2-4,6-8,12,16H,5,9-11H2,1H3. The summed E-state index contributed by atoms with van der Waals surface area (Å²) >= 11 is 1.19. The number of carbonyl (C=O) groups excluding carboxylic acids is 2. The van der Waals surface area contributed by atoms with Crippen molar-refractivity contribution in [2.75, 3.05) is 36.5 Å². The van der Waals surface area contributed by atoms with E-state index in [0.29, 0.717) is 34.4 Å². The molecule has 1 unspecified atom stereocenters. The number of fused-ring (bicyclic) bond motifs is 1. The van der Waals surface area contributed by atoms with Crippen molar-refractivity contribution in [2.24, 2.45) is 5.92 Å². The molecular formula is C22H19F2N3O4S. The molecule has 0 aliphatic carbocycles. The summed E-state index contributed by atoms with van der Waals surface area (Å²) in [4.78, 5) is 32.7. The number of benzene rings is 2. The number of carbonyl (C=O) groups is 2. The Morgan fingerprint density at radius 1 is 1.19 bits per heavy atom. The number of halogens is 2. The Kier molecular flexibility index (Phi) is 5.16. The topological polar surface area (TPSA) is 72.0 Å². The third-order valence-electron chi connectivity index (χ3n) is 5.63. The summed E-state index contributed by atoms with van der Waals surface area (Å²) in [6, 6.07) is 9.19. The Hall–Kier alpha value is -3.27. The van der Waals surface area contributed by atoms with Crippen LogP contribution in [-0.4, -0.2) is 49.7 Å². The summed E-state index contributed by atoms with van der Waals surface area (Å²) in [5.41, 5.74) is 0.813. The zero-order chi connectivity index (χ0) is 22.4. The van der Waals surface area contributed by atoms with Gasteiger partial charge in [-0.2, -0.15) is 0 Å². The van der Waals surface area contributed by atoms with Gasteiger partial charge in [0.05, 0.1) is 30.8 Å². The summed E-state index contributed by atoms with van der Waals surface area (Å²) in [5, 5.41) is 0.553. The maximum absolute atomic E-state index is 13.9. The van der Waals surface area contributed by atoms with E-state index in [4.69, 9.17) is 9.47 Å². The fourth-order valence-corrected chi connectivity index (χ4v) is 4.93. The fraction of sp³-hybridized carbons (Fsp3) is 0.318. The van der Waals surface area contributed by atoms with Gasteiger partial charge in [0, 0.05) is 30.8 Å². The fourth-order valence-electron chi connectivity index (χ4n) is 3.90. The maximum atomic E-state index is 13.9. The molecule has 0 bridgehead atoms. The minimum absolute atomic E-state index is 0.0924. The molecule has 0 N–H and O–H groups in total. The van der Waals surface area contributed by atoms with Gasteiger partial charge >= 0.3 is 5.97 Å². The van der Waals surface area contributed by atoms with Crippen molar-refractivity contribution in [2.45, 2.75) is 12.5 Å². The molecule has 3 aromatic rings. The number of ether oxygens (including phenoxy) is 2. The van der Waals surface area contributed by atoms with Crippen molar-refractivity contribution >= 4 is 44.2 Å². The van der Waals surface area contributed by atoms with Gasteiger partial charge in [-0.25, -0.2) is 13.8 Å². The SMILES string of the molecule is COc1cccc(N2CC(C(=O)OC3CN(c4nc5c(F)cc(F)cc5s4)C3)CC2=O)c1. The first-order chi connectivity index (χ1) is 15.4. The lowest BCUT2D eigenvalue weighted by atomic mass is 10.1. The molecule has 0 spiro atoms. The van der Waals surface area contributed by atoms with Crippen molar-refractivity contribution in [3.63, 3.8) is 0 Å². The molecule has 2 aromatic carbocycles. The lowest BCUT2D eigenvalue weighted by molar-refractivity contribution is -0.154. The van der Waals surface area contributed by atoms with Crippen LogP contribution in [0.15, 0.2) is 36.4 Å². The van der Waals surface area contributed by atoms with Crippen LogP contribution in [0.2, 0.25) is 0 Å². The molecule has 10 heteroatoms. The molecule has 0 radical (unpaired) electrons. The van der Waals surface area contributed by atoms with Crippen molar-refractivity contribution < 1.29 is 27.8 Å². The van der Waals surface area contributed by atoms with E-state index < -0.39 is 23.5 Å². The molecule has 2 aliphatic rings. The number of aromatic nitrogens is 1. The molecule has 32 heavy (non-hydrogen) atoms. The monoisotopic (exact) mass is 459 g/mol. The number of amides is 1. The first kappa shape index (κ1) is 20.6. The number of hydrogen-bond donors (Lipinski definition) is 0. The second-order valence-electron chi connectivity index (χ2n) is 7.80. The molecule has 5 rings (SSSR count). The van der Waals surface area contributed by atoms with Gasteiger partial charge < -0.3 is 19.3 Å². The summed E-state index contributed by atoms with van der Waals surface area (Å²) in [7, 11) is 1.55. The Morgan fingerprint density at radius 2 is 2.00 bits per heavy atom. The van der Waals surface area contributed by atoms with Crippen molar-refractivity contribution in [3.05, 3.63) is 48.0 Å². The number of esters is 1. The second kappa shape index (κ2) is 8.01. The average molecular weight is 459 g/mol. The lowest BCUT2D eigenvalue weighted by Gasteiger charge is -2.38. The van der Waals surface area contributed by atoms with E-state index in [0.717, 1.165) is 6.07 Å². The van der Waals surface area contributed by atoms with Gasteiger partial charge in [-0.3, -0.25) is 9.59 Å². The van der Waals surface area contributed by atoms with Crippen LogP contribution in [0.4, 0.5) is 19.6 Å². The third kappa shape index (κ3) is 3.75. The van der Waals surface area contributed by atoms with Crippen LogP contribution in [-0.2, 0) is 14.3 Å². The molecule has 0 saturated carbocycles. The molecule has 1 aromatic heterocycles. The Labute approximate surface area is 186 Å². The van der Waals surface area contributed by atoms with E-state index in [9.17, 15) is 18.4 Å². The van der Waals surface area contributed by atoms with Crippen molar-refractivity contribution in [1.82, 2.24) is 4.98 Å². The molecule has 1 atom stereocenters. The summed E-state index contributed by atoms with van der Waals surface area (Å²) < 4.78 is 38.5. The zero-order valence-corrected chi connectivity index (χ0v) is 17.9. The minimum atomic E-state index is -0.697. The van der Waals surface area contributed by atoms with Crippen LogP contribution in [0, 0.1) is 17.6 Å². The Morgan fingerprint density at radius 3 is 2.78 bits per heavy atom. The van der Waals surface area contributed by atoms with Gasteiger partial charge in [0.1, 0.15) is 23.2 Å². The maximum Gasteiger partial charge on any atom is 0.311 e. The molecule has 166 valence electrons. The minimum Gasteiger partial charge on any atom is -0.497 e. The number of hydrogen-bond acceptors (Lipinski definition) is 7. The molecule has 2 aliphatic heterocycles. The van der Waals surface area contributed by atoms with E-state index >= 15 is 0 Å². The van der Waals surface area contributed by atoms with E-state index in [-0.39, 0.29) is 30.5 Å². The van der Waals surface area contributed by atoms with E-state index in [1.807, 2.05) is 4.90 Å². The van der Waals surface area contributed by atoms with Gasteiger partial charge in [-0.1, -0.05) is 17.4 Å². The quantitative estimate of drug-likeness (QED) is 0.545. The molecule has 2 saturated heterocycles. The smallest absolute Gasteiger partial charge is 0.311 e. The van der Waals surface area contributed by atoms with Crippen molar-refractivity contribution in [1.29, 1.82) is 0 Å². The van der Waals surface area contributed by atoms with Gasteiger partial charge in [-0.15, -0.1) is 0 Å². The number of nitrogens with zero attached hydrogens (tertiary/aromatic N) is 3. The Balaban J connectivity index is 1.18. The van der Waals surface area contributed by atoms with Crippen LogP contribution in [0.1, 0.15) is 6.42 Å². The van der Waals surface area contributed by atoms with Crippen LogP contribution in [0.5, 0.6) is 5.75 Å².